The highest BCUT2D eigenvalue weighted by atomic mass is 35.5. The lowest BCUT2D eigenvalue weighted by Crippen LogP contribution is -2.58. The number of ether oxygens (including phenoxy) is 1. The molecule has 3 amide bonds. The second kappa shape index (κ2) is 14.7. The number of benzene rings is 2. The first-order chi connectivity index (χ1) is 23.6. The number of nitrogens with one attached hydrogen (secondary N) is 4. The fraction of sp³-hybridized carbons (Fsp3) is 0.486. The second-order valence-electron chi connectivity index (χ2n) is 13.7. The Balaban J connectivity index is 1.38. The molecule has 0 unspecified atom stereocenters. The van der Waals surface area contributed by atoms with Gasteiger partial charge in [-0.15, -0.1) is 0 Å². The third-order valence-corrected chi connectivity index (χ3v) is 10.7. The van der Waals surface area contributed by atoms with Gasteiger partial charge in [-0.1, -0.05) is 56.1 Å². The van der Waals surface area contributed by atoms with Crippen molar-refractivity contribution >= 4 is 40.4 Å². The standard InChI is InChI=1S/C37H46ClN7O4/c1-5-39-35(47)31(23-9-8-10-23)44-36(48)37(16-19-49-20-17-37)24-13-14-27-28(21-24)42-33(41-27)32(43-34(46)29-15-18-40-45(29)4)30(22(2)3)25-11-6-7-12-26(25)38/h6-7,11-15,18,21-23,30-32H,5,8-10,16-17,19-20H2,1-4H3,(H,39,47)(H,41,42)(H,43,46)(H,44,48)/t30-,31+,32-/m0/s1. The number of imidazole rings is 1. The summed E-state index contributed by atoms with van der Waals surface area (Å²) in [7, 11) is 1.73. The minimum absolute atomic E-state index is 0.0724. The van der Waals surface area contributed by atoms with Crippen molar-refractivity contribution in [2.24, 2.45) is 18.9 Å². The number of aromatic amines is 1. The van der Waals surface area contributed by atoms with Crippen LogP contribution in [0.25, 0.3) is 11.0 Å². The van der Waals surface area contributed by atoms with E-state index in [2.05, 4.69) is 39.9 Å². The number of aromatic nitrogens is 4. The zero-order valence-corrected chi connectivity index (χ0v) is 29.3. The van der Waals surface area contributed by atoms with Crippen LogP contribution in [-0.2, 0) is 26.8 Å². The first-order valence-electron chi connectivity index (χ1n) is 17.3. The number of halogens is 1. The van der Waals surface area contributed by atoms with Crippen LogP contribution < -0.4 is 16.0 Å². The minimum Gasteiger partial charge on any atom is -0.381 e. The normalized spacial score (nSPS) is 18.0. The van der Waals surface area contributed by atoms with Crippen LogP contribution in [0.3, 0.4) is 0 Å². The fourth-order valence-corrected chi connectivity index (χ4v) is 7.64. The number of hydrogen-bond acceptors (Lipinski definition) is 6. The number of fused-ring (bicyclic) bond motifs is 1. The Morgan fingerprint density at radius 1 is 1.08 bits per heavy atom. The maximum Gasteiger partial charge on any atom is 0.270 e. The number of rotatable bonds is 12. The summed E-state index contributed by atoms with van der Waals surface area (Å²) in [5.74, 6) is -0.0156. The molecule has 0 spiro atoms. The molecule has 2 aromatic heterocycles. The van der Waals surface area contributed by atoms with E-state index in [-0.39, 0.29) is 35.5 Å². The zero-order valence-electron chi connectivity index (χ0n) is 28.6. The molecule has 2 fully saturated rings. The van der Waals surface area contributed by atoms with E-state index in [1.807, 2.05) is 49.4 Å². The largest absolute Gasteiger partial charge is 0.381 e. The lowest BCUT2D eigenvalue weighted by molar-refractivity contribution is -0.136. The Kier molecular flexibility index (Phi) is 10.4. The molecule has 4 aromatic rings. The molecule has 1 saturated heterocycles. The highest BCUT2D eigenvalue weighted by Gasteiger charge is 2.45. The van der Waals surface area contributed by atoms with Gasteiger partial charge in [0.1, 0.15) is 17.6 Å². The molecule has 2 aromatic carbocycles. The van der Waals surface area contributed by atoms with E-state index in [0.717, 1.165) is 35.9 Å². The number of likely N-dealkylation sites (N-methyl/N-ethyl adjacent to an activating group) is 1. The first kappa shape index (κ1) is 34.6. The first-order valence-corrected chi connectivity index (χ1v) is 17.7. The van der Waals surface area contributed by atoms with E-state index >= 15 is 0 Å². The van der Waals surface area contributed by atoms with E-state index in [9.17, 15) is 14.4 Å². The smallest absolute Gasteiger partial charge is 0.270 e. The number of hydrogen-bond donors (Lipinski definition) is 4. The molecule has 6 rings (SSSR count). The molecular formula is C37H46ClN7O4. The van der Waals surface area contributed by atoms with Crippen molar-refractivity contribution in [1.82, 2.24) is 35.7 Å². The lowest BCUT2D eigenvalue weighted by atomic mass is 9.72. The van der Waals surface area contributed by atoms with E-state index in [4.69, 9.17) is 21.3 Å². The highest BCUT2D eigenvalue weighted by Crippen LogP contribution is 2.41. The van der Waals surface area contributed by atoms with Crippen molar-refractivity contribution in [3.8, 4) is 0 Å². The summed E-state index contributed by atoms with van der Waals surface area (Å²) in [5.41, 5.74) is 2.71. The Labute approximate surface area is 291 Å². The second-order valence-corrected chi connectivity index (χ2v) is 14.1. The van der Waals surface area contributed by atoms with E-state index < -0.39 is 17.5 Å². The van der Waals surface area contributed by atoms with Crippen molar-refractivity contribution in [3.05, 3.63) is 82.4 Å². The topological polar surface area (TPSA) is 143 Å². The van der Waals surface area contributed by atoms with Crippen molar-refractivity contribution in [3.63, 3.8) is 0 Å². The number of carbonyl (C=O) groups is 3. The molecule has 1 saturated carbocycles. The molecule has 260 valence electrons. The average molecular weight is 688 g/mol. The Bertz CT molecular complexity index is 1810. The van der Waals surface area contributed by atoms with Crippen LogP contribution in [0.4, 0.5) is 0 Å². The van der Waals surface area contributed by atoms with E-state index in [1.54, 1.807) is 19.3 Å². The summed E-state index contributed by atoms with van der Waals surface area (Å²) in [5, 5.41) is 14.1. The van der Waals surface area contributed by atoms with Crippen LogP contribution in [0, 0.1) is 11.8 Å². The number of nitrogens with zero attached hydrogens (tertiary/aromatic N) is 3. The van der Waals surface area contributed by atoms with Crippen molar-refractivity contribution in [2.45, 2.75) is 76.3 Å². The van der Waals surface area contributed by atoms with Crippen LogP contribution in [0.2, 0.25) is 5.02 Å². The summed E-state index contributed by atoms with van der Waals surface area (Å²) >= 11 is 6.76. The molecule has 11 nitrogen and oxygen atoms in total. The van der Waals surface area contributed by atoms with Crippen LogP contribution in [0.5, 0.6) is 0 Å². The third-order valence-electron chi connectivity index (χ3n) is 10.4. The van der Waals surface area contributed by atoms with Gasteiger partial charge in [-0.2, -0.15) is 5.10 Å². The summed E-state index contributed by atoms with van der Waals surface area (Å²) in [4.78, 5) is 49.6. The van der Waals surface area contributed by atoms with Crippen LogP contribution in [0.15, 0.2) is 54.7 Å². The van der Waals surface area contributed by atoms with Crippen molar-refractivity contribution in [1.29, 1.82) is 0 Å². The summed E-state index contributed by atoms with van der Waals surface area (Å²) in [6.07, 6.45) is 5.46. The van der Waals surface area contributed by atoms with Crippen LogP contribution >= 0.6 is 11.6 Å². The average Bonchev–Trinajstić information content (AvgIpc) is 3.70. The van der Waals surface area contributed by atoms with Gasteiger partial charge < -0.3 is 25.7 Å². The van der Waals surface area contributed by atoms with Crippen LogP contribution in [0.1, 0.15) is 92.3 Å². The predicted molar refractivity (Wildman–Crippen MR) is 188 cm³/mol. The summed E-state index contributed by atoms with van der Waals surface area (Å²) in [6, 6.07) is 14.1. The third kappa shape index (κ3) is 6.96. The van der Waals surface area contributed by atoms with Crippen molar-refractivity contribution < 1.29 is 19.1 Å². The number of aryl methyl sites for hydroxylation is 1. The molecule has 49 heavy (non-hydrogen) atoms. The fourth-order valence-electron chi connectivity index (χ4n) is 7.38. The van der Waals surface area contributed by atoms with Crippen molar-refractivity contribution in [2.75, 3.05) is 19.8 Å². The number of carbonyl (C=O) groups excluding carboxylic acids is 3. The molecule has 3 atom stereocenters. The summed E-state index contributed by atoms with van der Waals surface area (Å²) in [6.45, 7) is 7.46. The van der Waals surface area contributed by atoms with E-state index in [0.29, 0.717) is 54.7 Å². The molecule has 12 heteroatoms. The molecule has 2 aliphatic rings. The van der Waals surface area contributed by atoms with Gasteiger partial charge in [-0.25, -0.2) is 4.98 Å². The van der Waals surface area contributed by atoms with E-state index in [1.165, 1.54) is 4.68 Å². The molecule has 0 bridgehead atoms. The predicted octanol–water partition coefficient (Wildman–Crippen LogP) is 5.33. The SMILES string of the molecule is CCNC(=O)[C@H](NC(=O)C1(c2ccc3[nH]c([C@@H](NC(=O)c4ccnn4C)[C@H](c4ccccc4Cl)C(C)C)nc3c2)CCOCC1)C1CCC1. The maximum atomic E-state index is 14.3. The molecule has 1 aliphatic heterocycles. The van der Waals surface area contributed by atoms with Gasteiger partial charge >= 0.3 is 0 Å². The maximum absolute atomic E-state index is 14.3. The lowest BCUT2D eigenvalue weighted by Gasteiger charge is -2.40. The molecule has 4 N–H and O–H groups in total. The molecule has 3 heterocycles. The Hall–Kier alpha value is -4.22. The van der Waals surface area contributed by atoms with Gasteiger partial charge in [0, 0.05) is 43.9 Å². The Morgan fingerprint density at radius 2 is 1.84 bits per heavy atom. The van der Waals surface area contributed by atoms with Gasteiger partial charge in [0.25, 0.3) is 5.91 Å². The Morgan fingerprint density at radius 3 is 2.47 bits per heavy atom. The quantitative estimate of drug-likeness (QED) is 0.159. The zero-order chi connectivity index (χ0) is 34.7. The number of H-pyrrole nitrogens is 1. The monoisotopic (exact) mass is 687 g/mol. The highest BCUT2D eigenvalue weighted by molar-refractivity contribution is 6.31. The van der Waals surface area contributed by atoms with Crippen LogP contribution in [-0.4, -0.2) is 63.3 Å². The summed E-state index contributed by atoms with van der Waals surface area (Å²) < 4.78 is 7.27. The number of amides is 3. The van der Waals surface area contributed by atoms with Gasteiger partial charge in [0.05, 0.1) is 22.5 Å². The molecule has 0 radical (unpaired) electrons. The van der Waals surface area contributed by atoms with Gasteiger partial charge in [-0.05, 0) is 79.8 Å². The minimum atomic E-state index is -0.884. The van der Waals surface area contributed by atoms with Gasteiger partial charge in [0.2, 0.25) is 11.8 Å². The molecular weight excluding hydrogens is 642 g/mol. The van der Waals surface area contributed by atoms with Gasteiger partial charge in [-0.3, -0.25) is 19.1 Å². The van der Waals surface area contributed by atoms with Gasteiger partial charge in [0.15, 0.2) is 0 Å². The molecule has 1 aliphatic carbocycles.